The van der Waals surface area contributed by atoms with E-state index in [1.165, 1.54) is 6.08 Å². The number of carbonyl (C=O) groups is 1. The van der Waals surface area contributed by atoms with E-state index in [1.807, 2.05) is 20.8 Å². The second-order valence-corrected chi connectivity index (χ2v) is 4.33. The zero-order valence-corrected chi connectivity index (χ0v) is 9.53. The van der Waals surface area contributed by atoms with E-state index in [-0.39, 0.29) is 11.3 Å². The third-order valence-corrected chi connectivity index (χ3v) is 1.85. The number of rotatable bonds is 2. The Labute approximate surface area is 89.2 Å². The number of nitrogens with zero attached hydrogens (tertiary/aromatic N) is 3. The first-order valence-corrected chi connectivity index (χ1v) is 4.69. The molecular weight excluding hydrogens is 192 g/mol. The molecule has 0 fully saturated rings. The summed E-state index contributed by atoms with van der Waals surface area (Å²) in [7, 11) is 1.80. The van der Waals surface area contributed by atoms with Crippen LogP contribution in [0.5, 0.6) is 0 Å². The van der Waals surface area contributed by atoms with Crippen LogP contribution in [0.2, 0.25) is 0 Å². The van der Waals surface area contributed by atoms with Crippen LogP contribution in [0, 0.1) is 0 Å². The molecule has 5 heteroatoms. The first kappa shape index (κ1) is 11.4. The Kier molecular flexibility index (Phi) is 2.93. The molecule has 0 aromatic carbocycles. The Bertz CT molecular complexity index is 387. The molecule has 1 amide bonds. The molecule has 0 unspecified atom stereocenters. The maximum Gasteiger partial charge on any atom is 0.250 e. The van der Waals surface area contributed by atoms with Crippen molar-refractivity contribution < 1.29 is 4.79 Å². The van der Waals surface area contributed by atoms with E-state index in [1.54, 1.807) is 11.7 Å². The number of aryl methyl sites for hydroxylation is 1. The number of anilines is 1. The number of amides is 1. The van der Waals surface area contributed by atoms with Crippen LogP contribution >= 0.6 is 0 Å². The lowest BCUT2D eigenvalue weighted by atomic mass is 9.96. The summed E-state index contributed by atoms with van der Waals surface area (Å²) < 4.78 is 1.67. The number of hydrogen-bond acceptors (Lipinski definition) is 3. The molecule has 5 nitrogen and oxygen atoms in total. The average Bonchev–Trinajstić information content (AvgIpc) is 2.45. The summed E-state index contributed by atoms with van der Waals surface area (Å²) in [6, 6.07) is 0. The van der Waals surface area contributed by atoms with Crippen LogP contribution in [0.3, 0.4) is 0 Å². The molecule has 0 atom stereocenters. The fourth-order valence-corrected chi connectivity index (χ4v) is 1.25. The van der Waals surface area contributed by atoms with Crippen molar-refractivity contribution in [2.45, 2.75) is 26.2 Å². The minimum Gasteiger partial charge on any atom is -0.290 e. The summed E-state index contributed by atoms with van der Waals surface area (Å²) >= 11 is 0. The lowest BCUT2D eigenvalue weighted by Gasteiger charge is -2.15. The van der Waals surface area contributed by atoms with Crippen molar-refractivity contribution in [3.8, 4) is 0 Å². The predicted molar refractivity (Wildman–Crippen MR) is 58.5 cm³/mol. The topological polar surface area (TPSA) is 59.8 Å². The highest BCUT2D eigenvalue weighted by molar-refractivity contribution is 5.97. The van der Waals surface area contributed by atoms with Crippen LogP contribution < -0.4 is 5.32 Å². The quantitative estimate of drug-likeness (QED) is 0.744. The van der Waals surface area contributed by atoms with Gasteiger partial charge in [-0.1, -0.05) is 27.4 Å². The maximum absolute atomic E-state index is 11.0. The molecular formula is C10H16N4O. The lowest BCUT2D eigenvalue weighted by molar-refractivity contribution is -0.111. The van der Waals surface area contributed by atoms with Gasteiger partial charge in [-0.25, -0.2) is 0 Å². The van der Waals surface area contributed by atoms with Gasteiger partial charge in [0, 0.05) is 12.5 Å². The van der Waals surface area contributed by atoms with Gasteiger partial charge in [0.25, 0.3) is 0 Å². The van der Waals surface area contributed by atoms with Crippen LogP contribution in [0.25, 0.3) is 0 Å². The van der Waals surface area contributed by atoms with Crippen molar-refractivity contribution in [2.24, 2.45) is 7.05 Å². The third-order valence-electron chi connectivity index (χ3n) is 1.85. The van der Waals surface area contributed by atoms with E-state index >= 15 is 0 Å². The Morgan fingerprint density at radius 3 is 2.53 bits per heavy atom. The molecule has 0 radical (unpaired) electrons. The molecule has 0 bridgehead atoms. The van der Waals surface area contributed by atoms with Gasteiger partial charge in [0.15, 0.2) is 0 Å². The van der Waals surface area contributed by atoms with Gasteiger partial charge in [0.05, 0.1) is 0 Å². The smallest absolute Gasteiger partial charge is 0.250 e. The standard InChI is InChI=1S/C10H16N4O/c1-6-7(15)11-9-12-8(10(2,3)4)14(5)13-9/h6H,1H2,2-5H3,(H,11,13,15). The molecule has 0 aliphatic heterocycles. The molecule has 1 aromatic heterocycles. The highest BCUT2D eigenvalue weighted by Crippen LogP contribution is 2.20. The minimum absolute atomic E-state index is 0.0983. The Morgan fingerprint density at radius 1 is 1.53 bits per heavy atom. The Morgan fingerprint density at radius 2 is 2.13 bits per heavy atom. The van der Waals surface area contributed by atoms with E-state index in [4.69, 9.17) is 0 Å². The van der Waals surface area contributed by atoms with E-state index < -0.39 is 0 Å². The first-order valence-electron chi connectivity index (χ1n) is 4.69. The van der Waals surface area contributed by atoms with Crippen molar-refractivity contribution in [1.82, 2.24) is 14.8 Å². The molecule has 0 aliphatic rings. The molecule has 1 rings (SSSR count). The van der Waals surface area contributed by atoms with Gasteiger partial charge in [0.1, 0.15) is 5.82 Å². The van der Waals surface area contributed by atoms with Gasteiger partial charge >= 0.3 is 0 Å². The van der Waals surface area contributed by atoms with Crippen LogP contribution in [-0.4, -0.2) is 20.7 Å². The zero-order valence-electron chi connectivity index (χ0n) is 9.53. The second kappa shape index (κ2) is 3.84. The van der Waals surface area contributed by atoms with Gasteiger partial charge in [-0.15, -0.1) is 5.10 Å². The molecule has 1 heterocycles. The normalized spacial score (nSPS) is 11.2. The van der Waals surface area contributed by atoms with Crippen molar-refractivity contribution in [3.05, 3.63) is 18.5 Å². The monoisotopic (exact) mass is 208 g/mol. The zero-order chi connectivity index (χ0) is 11.6. The SMILES string of the molecule is C=CC(=O)Nc1nc(C(C)(C)C)n(C)n1. The van der Waals surface area contributed by atoms with E-state index in [2.05, 4.69) is 22.0 Å². The average molecular weight is 208 g/mol. The number of hydrogen-bond donors (Lipinski definition) is 1. The largest absolute Gasteiger partial charge is 0.290 e. The molecule has 15 heavy (non-hydrogen) atoms. The summed E-state index contributed by atoms with van der Waals surface area (Å²) in [6.07, 6.45) is 1.19. The second-order valence-electron chi connectivity index (χ2n) is 4.33. The summed E-state index contributed by atoms with van der Waals surface area (Å²) in [5.41, 5.74) is -0.0983. The van der Waals surface area contributed by atoms with Crippen molar-refractivity contribution >= 4 is 11.9 Å². The molecule has 82 valence electrons. The van der Waals surface area contributed by atoms with Crippen LogP contribution in [0.4, 0.5) is 5.95 Å². The molecule has 0 saturated carbocycles. The number of nitrogens with one attached hydrogen (secondary N) is 1. The van der Waals surface area contributed by atoms with Crippen molar-refractivity contribution in [1.29, 1.82) is 0 Å². The first-order chi connectivity index (χ1) is 6.84. The van der Waals surface area contributed by atoms with E-state index in [9.17, 15) is 4.79 Å². The summed E-state index contributed by atoms with van der Waals surface area (Å²) in [5, 5.41) is 6.62. The Hall–Kier alpha value is -1.65. The van der Waals surface area contributed by atoms with Gasteiger partial charge in [-0.3, -0.25) is 14.8 Å². The lowest BCUT2D eigenvalue weighted by Crippen LogP contribution is -2.17. The molecule has 0 spiro atoms. The molecule has 1 N–H and O–H groups in total. The third kappa shape index (κ3) is 2.65. The van der Waals surface area contributed by atoms with Crippen molar-refractivity contribution in [2.75, 3.05) is 5.32 Å². The van der Waals surface area contributed by atoms with Crippen LogP contribution in [0.1, 0.15) is 26.6 Å². The molecule has 1 aromatic rings. The van der Waals surface area contributed by atoms with Crippen molar-refractivity contribution in [3.63, 3.8) is 0 Å². The molecule has 0 saturated heterocycles. The predicted octanol–water partition coefficient (Wildman–Crippen LogP) is 1.24. The highest BCUT2D eigenvalue weighted by Gasteiger charge is 2.21. The van der Waals surface area contributed by atoms with Gasteiger partial charge in [-0.2, -0.15) is 4.98 Å². The summed E-state index contributed by atoms with van der Waals surface area (Å²) in [4.78, 5) is 15.3. The summed E-state index contributed by atoms with van der Waals surface area (Å²) in [5.74, 6) is 0.829. The van der Waals surface area contributed by atoms with Gasteiger partial charge in [-0.05, 0) is 6.08 Å². The minimum atomic E-state index is -0.305. The number of aromatic nitrogens is 3. The van der Waals surface area contributed by atoms with Gasteiger partial charge in [0.2, 0.25) is 11.9 Å². The van der Waals surface area contributed by atoms with E-state index in [0.717, 1.165) is 5.82 Å². The Balaban J connectivity index is 2.96. The fraction of sp³-hybridized carbons (Fsp3) is 0.500. The van der Waals surface area contributed by atoms with Crippen LogP contribution in [0.15, 0.2) is 12.7 Å². The highest BCUT2D eigenvalue weighted by atomic mass is 16.1. The van der Waals surface area contributed by atoms with E-state index in [0.29, 0.717) is 5.95 Å². The maximum atomic E-state index is 11.0. The van der Waals surface area contributed by atoms with Crippen LogP contribution in [-0.2, 0) is 17.3 Å². The summed E-state index contributed by atoms with van der Waals surface area (Å²) in [6.45, 7) is 9.47. The molecule has 0 aliphatic carbocycles. The fourth-order valence-electron chi connectivity index (χ4n) is 1.25. The van der Waals surface area contributed by atoms with Gasteiger partial charge < -0.3 is 0 Å². The number of carbonyl (C=O) groups excluding carboxylic acids is 1.